The third-order valence-electron chi connectivity index (χ3n) is 5.23. The Morgan fingerprint density at radius 2 is 1.82 bits per heavy atom. The van der Waals surface area contributed by atoms with Crippen LogP contribution in [0.5, 0.6) is 0 Å². The van der Waals surface area contributed by atoms with Gasteiger partial charge in [-0.15, -0.1) is 0 Å². The molecule has 0 amide bonds. The minimum absolute atomic E-state index is 0.00568. The lowest BCUT2D eigenvalue weighted by molar-refractivity contribution is 0.141. The normalized spacial score (nSPS) is 40.9. The Kier molecular flexibility index (Phi) is 2.65. The van der Waals surface area contributed by atoms with Gasteiger partial charge >= 0.3 is 0 Å². The number of rotatable bonds is 1. The maximum absolute atomic E-state index is 6.19. The number of hydrogen-bond donors (Lipinski definition) is 1. The van der Waals surface area contributed by atoms with Crippen molar-refractivity contribution < 1.29 is 0 Å². The molecule has 2 fully saturated rings. The lowest BCUT2D eigenvalue weighted by atomic mass is 9.68. The second-order valence-corrected chi connectivity index (χ2v) is 8.08. The predicted molar refractivity (Wildman–Crippen MR) is 74.1 cm³/mol. The highest BCUT2D eigenvalue weighted by Gasteiger charge is 2.59. The van der Waals surface area contributed by atoms with Crippen LogP contribution in [0.2, 0.25) is 0 Å². The molecule has 2 nitrogen and oxygen atoms in total. The molecule has 0 spiro atoms. The van der Waals surface area contributed by atoms with Crippen LogP contribution < -0.4 is 5.73 Å². The molecule has 0 radical (unpaired) electrons. The van der Waals surface area contributed by atoms with E-state index in [1.54, 1.807) is 0 Å². The topological polar surface area (TPSA) is 38.4 Å². The number of amidine groups is 1. The average molecular weight is 236 g/mol. The van der Waals surface area contributed by atoms with Crippen molar-refractivity contribution in [3.05, 3.63) is 0 Å². The van der Waals surface area contributed by atoms with E-state index >= 15 is 0 Å². The third kappa shape index (κ3) is 1.90. The van der Waals surface area contributed by atoms with Crippen molar-refractivity contribution in [2.24, 2.45) is 32.9 Å². The van der Waals surface area contributed by atoms with E-state index < -0.39 is 0 Å². The fourth-order valence-corrected chi connectivity index (χ4v) is 3.93. The van der Waals surface area contributed by atoms with E-state index in [0.29, 0.717) is 16.9 Å². The van der Waals surface area contributed by atoms with Gasteiger partial charge in [0.05, 0.1) is 11.9 Å². The molecular formula is C15H28N2. The van der Waals surface area contributed by atoms with Crippen LogP contribution in [0.15, 0.2) is 4.99 Å². The van der Waals surface area contributed by atoms with Crippen molar-refractivity contribution in [2.45, 2.75) is 66.8 Å². The van der Waals surface area contributed by atoms with Gasteiger partial charge in [0.25, 0.3) is 0 Å². The Labute approximate surface area is 106 Å². The van der Waals surface area contributed by atoms with Crippen molar-refractivity contribution in [1.82, 2.24) is 0 Å². The van der Waals surface area contributed by atoms with Crippen molar-refractivity contribution >= 4 is 5.84 Å². The first-order chi connectivity index (χ1) is 7.57. The quantitative estimate of drug-likeness (QED) is 0.548. The molecule has 0 aromatic carbocycles. The van der Waals surface area contributed by atoms with Gasteiger partial charge in [-0.2, -0.15) is 0 Å². The maximum Gasteiger partial charge on any atom is 0.0995 e. The Morgan fingerprint density at radius 1 is 1.24 bits per heavy atom. The van der Waals surface area contributed by atoms with E-state index in [-0.39, 0.29) is 5.41 Å². The minimum Gasteiger partial charge on any atom is -0.387 e. The molecule has 2 heteroatoms. The summed E-state index contributed by atoms with van der Waals surface area (Å²) in [6, 6.07) is 0.410. The molecule has 2 N–H and O–H groups in total. The summed E-state index contributed by atoms with van der Waals surface area (Å²) in [6.45, 7) is 13.6. The molecule has 0 saturated heterocycles. The molecule has 0 aromatic heterocycles. The van der Waals surface area contributed by atoms with Gasteiger partial charge in [-0.05, 0) is 36.0 Å². The van der Waals surface area contributed by atoms with E-state index in [4.69, 9.17) is 10.7 Å². The second-order valence-electron chi connectivity index (χ2n) is 8.08. The smallest absolute Gasteiger partial charge is 0.0995 e. The van der Waals surface area contributed by atoms with Crippen LogP contribution >= 0.6 is 0 Å². The molecule has 98 valence electrons. The summed E-state index contributed by atoms with van der Waals surface area (Å²) in [5.41, 5.74) is 6.90. The molecule has 0 aliphatic heterocycles. The molecule has 17 heavy (non-hydrogen) atoms. The molecule has 0 heterocycles. The zero-order chi connectivity index (χ0) is 13.1. The fraction of sp³-hybridized carbons (Fsp3) is 0.933. The summed E-state index contributed by atoms with van der Waals surface area (Å²) in [5.74, 6) is 1.67. The Hall–Kier alpha value is -0.530. The van der Waals surface area contributed by atoms with Crippen LogP contribution in [0.4, 0.5) is 0 Å². The largest absolute Gasteiger partial charge is 0.387 e. The van der Waals surface area contributed by atoms with Crippen LogP contribution in [0.25, 0.3) is 0 Å². The van der Waals surface area contributed by atoms with Gasteiger partial charge in [-0.3, -0.25) is 4.99 Å². The SMILES string of the molecule is CC(C)(C)C(N)=NC1C2(C)CCC(C2)C1(C)C. The van der Waals surface area contributed by atoms with Crippen molar-refractivity contribution in [2.75, 3.05) is 0 Å². The fourth-order valence-electron chi connectivity index (χ4n) is 3.93. The molecule has 2 rings (SSSR count). The van der Waals surface area contributed by atoms with Crippen LogP contribution in [0.1, 0.15) is 60.8 Å². The zero-order valence-corrected chi connectivity index (χ0v) is 12.3. The highest BCUT2D eigenvalue weighted by molar-refractivity contribution is 5.85. The molecule has 3 unspecified atom stereocenters. The Morgan fingerprint density at radius 3 is 2.24 bits per heavy atom. The van der Waals surface area contributed by atoms with Gasteiger partial charge < -0.3 is 5.73 Å². The van der Waals surface area contributed by atoms with E-state index in [1.165, 1.54) is 19.3 Å². The first kappa shape index (κ1) is 12.9. The van der Waals surface area contributed by atoms with Crippen LogP contribution in [-0.2, 0) is 0 Å². The highest BCUT2D eigenvalue weighted by Crippen LogP contribution is 2.63. The van der Waals surface area contributed by atoms with Gasteiger partial charge in [-0.25, -0.2) is 0 Å². The number of nitrogens with two attached hydrogens (primary N) is 1. The monoisotopic (exact) mass is 236 g/mol. The van der Waals surface area contributed by atoms with Crippen LogP contribution in [0.3, 0.4) is 0 Å². The molecule has 2 aliphatic carbocycles. The molecule has 2 aliphatic rings. The van der Waals surface area contributed by atoms with Crippen molar-refractivity contribution in [3.8, 4) is 0 Å². The van der Waals surface area contributed by atoms with Gasteiger partial charge in [0.2, 0.25) is 0 Å². The van der Waals surface area contributed by atoms with Gasteiger partial charge in [0.15, 0.2) is 0 Å². The maximum atomic E-state index is 6.19. The summed E-state index contributed by atoms with van der Waals surface area (Å²) in [6.07, 6.45) is 4.04. The first-order valence-electron chi connectivity index (χ1n) is 6.91. The first-order valence-corrected chi connectivity index (χ1v) is 6.91. The van der Waals surface area contributed by atoms with Crippen molar-refractivity contribution in [1.29, 1.82) is 0 Å². The van der Waals surface area contributed by atoms with Crippen LogP contribution in [0, 0.1) is 22.2 Å². The summed E-state index contributed by atoms with van der Waals surface area (Å²) in [5, 5.41) is 0. The third-order valence-corrected chi connectivity index (χ3v) is 5.23. The van der Waals surface area contributed by atoms with E-state index in [2.05, 4.69) is 41.5 Å². The lowest BCUT2D eigenvalue weighted by Crippen LogP contribution is -2.42. The number of aliphatic imine (C=N–C) groups is 1. The number of nitrogens with zero attached hydrogens (tertiary/aromatic N) is 1. The van der Waals surface area contributed by atoms with Gasteiger partial charge in [-0.1, -0.05) is 41.5 Å². The van der Waals surface area contributed by atoms with E-state index in [0.717, 1.165) is 11.8 Å². The number of fused-ring (bicyclic) bond motifs is 2. The van der Waals surface area contributed by atoms with Gasteiger partial charge in [0.1, 0.15) is 0 Å². The predicted octanol–water partition coefficient (Wildman–Crippen LogP) is 3.60. The highest BCUT2D eigenvalue weighted by atomic mass is 15.0. The molecule has 3 atom stereocenters. The minimum atomic E-state index is -0.00568. The van der Waals surface area contributed by atoms with Crippen molar-refractivity contribution in [3.63, 3.8) is 0 Å². The second kappa shape index (κ2) is 3.49. The zero-order valence-electron chi connectivity index (χ0n) is 12.3. The van der Waals surface area contributed by atoms with E-state index in [1.807, 2.05) is 0 Å². The van der Waals surface area contributed by atoms with Gasteiger partial charge in [0, 0.05) is 5.41 Å². The molecule has 0 aromatic rings. The molecular weight excluding hydrogens is 208 g/mol. The average Bonchev–Trinajstić information content (AvgIpc) is 2.62. The summed E-state index contributed by atoms with van der Waals surface area (Å²) >= 11 is 0. The summed E-state index contributed by atoms with van der Waals surface area (Å²) in [4.78, 5) is 4.95. The Balaban J connectivity index is 2.33. The Bertz CT molecular complexity index is 344. The lowest BCUT2D eigenvalue weighted by Gasteiger charge is -2.41. The van der Waals surface area contributed by atoms with Crippen LogP contribution in [-0.4, -0.2) is 11.9 Å². The summed E-state index contributed by atoms with van der Waals surface area (Å²) in [7, 11) is 0. The summed E-state index contributed by atoms with van der Waals surface area (Å²) < 4.78 is 0. The standard InChI is InChI=1S/C15H28N2/c1-13(2,3)12(16)17-11-14(4,5)10-7-8-15(11,6)9-10/h10-11H,7-9H2,1-6H3,(H2,16,17). The molecule has 2 saturated carbocycles. The number of hydrogen-bond acceptors (Lipinski definition) is 1. The molecule has 2 bridgehead atoms. The van der Waals surface area contributed by atoms with E-state index in [9.17, 15) is 0 Å².